The van der Waals surface area contributed by atoms with Crippen molar-refractivity contribution in [2.24, 2.45) is 11.8 Å². The molecule has 0 N–H and O–H groups in total. The van der Waals surface area contributed by atoms with Gasteiger partial charge in [-0.2, -0.15) is 0 Å². The Hall–Kier alpha value is -1.70. The van der Waals surface area contributed by atoms with Crippen molar-refractivity contribution < 1.29 is 8.78 Å². The van der Waals surface area contributed by atoms with Gasteiger partial charge in [0.2, 0.25) is 0 Å². The van der Waals surface area contributed by atoms with Gasteiger partial charge in [0.1, 0.15) is 11.6 Å². The Morgan fingerprint density at radius 1 is 0.767 bits per heavy atom. The molecular weight excluding hydrogens is 374 g/mol. The smallest absolute Gasteiger partial charge is 0.129 e. The lowest BCUT2D eigenvalue weighted by Gasteiger charge is -2.36. The monoisotopic (exact) mass is 408 g/mol. The van der Waals surface area contributed by atoms with Gasteiger partial charge in [-0.05, 0) is 124 Å². The zero-order chi connectivity index (χ0) is 21.1. The summed E-state index contributed by atoms with van der Waals surface area (Å²) in [5.74, 6) is 4.34. The highest BCUT2D eigenvalue weighted by Gasteiger charge is 2.30. The maximum atomic E-state index is 13.9. The first-order valence-corrected chi connectivity index (χ1v) is 11.7. The molecule has 160 valence electrons. The number of halogens is 2. The number of aryl methyl sites for hydroxylation is 1. The van der Waals surface area contributed by atoms with Gasteiger partial charge in [-0.15, -0.1) is 0 Å². The average Bonchev–Trinajstić information content (AvgIpc) is 2.77. The van der Waals surface area contributed by atoms with E-state index in [2.05, 4.69) is 19.1 Å². The van der Waals surface area contributed by atoms with Crippen LogP contribution in [0.2, 0.25) is 0 Å². The lowest BCUT2D eigenvalue weighted by molar-refractivity contribution is 0.286. The molecule has 2 aliphatic carbocycles. The quantitative estimate of drug-likeness (QED) is 0.466. The minimum atomic E-state index is -0.482. The van der Waals surface area contributed by atoms with Crippen LogP contribution in [-0.4, -0.2) is 0 Å². The van der Waals surface area contributed by atoms with Crippen LogP contribution in [0.1, 0.15) is 75.8 Å². The summed E-state index contributed by atoms with van der Waals surface area (Å²) in [6, 6.07) is 11.1. The van der Waals surface area contributed by atoms with Gasteiger partial charge in [-0.25, -0.2) is 8.78 Å². The van der Waals surface area contributed by atoms with Crippen molar-refractivity contribution in [2.75, 3.05) is 0 Å². The van der Waals surface area contributed by atoms with E-state index in [1.165, 1.54) is 82.4 Å². The van der Waals surface area contributed by atoms with Gasteiger partial charge in [0, 0.05) is 5.56 Å². The summed E-state index contributed by atoms with van der Waals surface area (Å²) in [5.41, 5.74) is 2.88. The first-order chi connectivity index (χ1) is 14.5. The zero-order valence-electron chi connectivity index (χ0n) is 18.4. The Morgan fingerprint density at radius 3 is 1.97 bits per heavy atom. The Kier molecular flexibility index (Phi) is 6.91. The fourth-order valence-corrected chi connectivity index (χ4v) is 5.31. The molecule has 2 heteroatoms. The number of rotatable bonds is 5. The molecule has 2 radical (unpaired) electrons. The van der Waals surface area contributed by atoms with E-state index in [9.17, 15) is 8.78 Å². The molecule has 0 bridgehead atoms. The second-order valence-corrected chi connectivity index (χ2v) is 9.63. The topological polar surface area (TPSA) is 0 Å². The van der Waals surface area contributed by atoms with Crippen molar-refractivity contribution in [3.8, 4) is 11.1 Å². The van der Waals surface area contributed by atoms with Crippen molar-refractivity contribution in [1.29, 1.82) is 0 Å². The second-order valence-electron chi connectivity index (χ2n) is 9.63. The van der Waals surface area contributed by atoms with Crippen LogP contribution in [-0.2, 0) is 6.42 Å². The van der Waals surface area contributed by atoms with Crippen LogP contribution >= 0.6 is 0 Å². The van der Waals surface area contributed by atoms with Gasteiger partial charge in [0.15, 0.2) is 0 Å². The Morgan fingerprint density at radius 2 is 1.37 bits per heavy atom. The van der Waals surface area contributed by atoms with E-state index in [0.29, 0.717) is 5.56 Å². The van der Waals surface area contributed by atoms with Gasteiger partial charge in [0.05, 0.1) is 0 Å². The fourth-order valence-electron chi connectivity index (χ4n) is 5.31. The maximum absolute atomic E-state index is 13.9. The summed E-state index contributed by atoms with van der Waals surface area (Å²) >= 11 is 0. The van der Waals surface area contributed by atoms with E-state index in [1.807, 2.05) is 18.1 Å². The third kappa shape index (κ3) is 5.13. The molecule has 0 unspecified atom stereocenters. The van der Waals surface area contributed by atoms with Crippen LogP contribution in [0.15, 0.2) is 36.4 Å². The lowest BCUT2D eigenvalue weighted by atomic mass is 9.69. The maximum Gasteiger partial charge on any atom is 0.129 e. The van der Waals surface area contributed by atoms with Gasteiger partial charge >= 0.3 is 0 Å². The number of benzene rings is 2. The fraction of sp³-hybridized carbons (Fsp3) is 0.500. The largest absolute Gasteiger partial charge is 0.207 e. The third-order valence-corrected chi connectivity index (χ3v) is 7.57. The molecule has 2 aromatic carbocycles. The van der Waals surface area contributed by atoms with Crippen LogP contribution in [0.25, 0.3) is 11.1 Å². The average molecular weight is 409 g/mol. The van der Waals surface area contributed by atoms with Crippen molar-refractivity contribution >= 4 is 0 Å². The summed E-state index contributed by atoms with van der Waals surface area (Å²) in [5, 5.41) is 0. The molecule has 2 aliphatic rings. The third-order valence-electron chi connectivity index (χ3n) is 7.57. The summed E-state index contributed by atoms with van der Waals surface area (Å²) in [6.45, 7) is 3.79. The first kappa shape index (κ1) is 21.5. The first-order valence-electron chi connectivity index (χ1n) is 11.7. The van der Waals surface area contributed by atoms with Crippen molar-refractivity contribution in [1.82, 2.24) is 0 Å². The van der Waals surface area contributed by atoms with Crippen LogP contribution in [0.5, 0.6) is 0 Å². The van der Waals surface area contributed by atoms with Crippen molar-refractivity contribution in [3.05, 3.63) is 71.0 Å². The second kappa shape index (κ2) is 9.62. The van der Waals surface area contributed by atoms with E-state index in [0.717, 1.165) is 23.8 Å². The molecule has 0 aromatic heterocycles. The van der Waals surface area contributed by atoms with Crippen molar-refractivity contribution in [2.45, 2.75) is 78.1 Å². The van der Waals surface area contributed by atoms with E-state index in [4.69, 9.17) is 0 Å². The highest BCUT2D eigenvalue weighted by molar-refractivity contribution is 5.64. The molecule has 2 fully saturated rings. The van der Waals surface area contributed by atoms with E-state index >= 15 is 0 Å². The zero-order valence-corrected chi connectivity index (χ0v) is 18.4. The molecule has 0 heterocycles. The summed E-state index contributed by atoms with van der Waals surface area (Å²) in [4.78, 5) is 0. The standard InChI is InChI=1S/C28H34F2/c1-19-3-11-23(12-4-19)24-13-7-21(8-14-24)5-6-22-9-15-25(16-10-22)26-17-27(29)20(2)28(30)18-26/h9-10,15-18,21,23H,3-8,11-14H2,1-2H3. The summed E-state index contributed by atoms with van der Waals surface area (Å²) < 4.78 is 27.7. The molecule has 2 saturated carbocycles. The highest BCUT2D eigenvalue weighted by Crippen LogP contribution is 2.43. The molecule has 4 rings (SSSR count). The molecule has 0 atom stereocenters. The van der Waals surface area contributed by atoms with Crippen LogP contribution in [0.3, 0.4) is 0 Å². The highest BCUT2D eigenvalue weighted by atomic mass is 19.1. The van der Waals surface area contributed by atoms with E-state index < -0.39 is 11.6 Å². The minimum Gasteiger partial charge on any atom is -0.207 e. The Balaban J connectivity index is 1.26. The lowest BCUT2D eigenvalue weighted by Crippen LogP contribution is -2.23. The molecule has 0 nitrogen and oxygen atoms in total. The Bertz CT molecular complexity index is 799. The van der Waals surface area contributed by atoms with Crippen LogP contribution in [0.4, 0.5) is 8.78 Å². The summed E-state index contributed by atoms with van der Waals surface area (Å²) in [7, 11) is 0. The molecule has 0 amide bonds. The van der Waals surface area contributed by atoms with Gasteiger partial charge < -0.3 is 0 Å². The van der Waals surface area contributed by atoms with Crippen LogP contribution in [0, 0.1) is 42.2 Å². The normalized spacial score (nSPS) is 20.0. The van der Waals surface area contributed by atoms with Gasteiger partial charge in [-0.1, -0.05) is 31.2 Å². The number of hydrogen-bond donors (Lipinski definition) is 0. The molecular formula is C28H34F2. The van der Waals surface area contributed by atoms with Crippen molar-refractivity contribution in [3.63, 3.8) is 0 Å². The van der Waals surface area contributed by atoms with E-state index in [1.54, 1.807) is 5.92 Å². The predicted molar refractivity (Wildman–Crippen MR) is 121 cm³/mol. The summed E-state index contributed by atoms with van der Waals surface area (Å²) in [6.07, 6.45) is 13.2. The SMILES string of the molecule is C[C]1CCC([C]2CCC(CCc3ccc(-c4cc(F)c(C)c(F)c4)cc3)CC2)CC1. The molecule has 2 aromatic rings. The minimum absolute atomic E-state index is 0.0835. The molecule has 0 aliphatic heterocycles. The molecule has 0 spiro atoms. The molecule has 0 saturated heterocycles. The van der Waals surface area contributed by atoms with Crippen LogP contribution < -0.4 is 0 Å². The van der Waals surface area contributed by atoms with E-state index in [-0.39, 0.29) is 5.56 Å². The van der Waals surface area contributed by atoms with Gasteiger partial charge in [-0.3, -0.25) is 0 Å². The number of hydrogen-bond acceptors (Lipinski definition) is 0. The molecule has 30 heavy (non-hydrogen) atoms. The predicted octanol–water partition coefficient (Wildman–Crippen LogP) is 8.42. The van der Waals surface area contributed by atoms with Gasteiger partial charge in [0.25, 0.3) is 0 Å². The Labute approximate surface area is 181 Å².